The molecule has 1 heterocycles. The van der Waals surface area contributed by atoms with Gasteiger partial charge in [0.05, 0.1) is 12.7 Å². The molecule has 0 radical (unpaired) electrons. The first-order chi connectivity index (χ1) is 12.3. The number of benzene rings is 1. The summed E-state index contributed by atoms with van der Waals surface area (Å²) in [6.45, 7) is 6.67. The van der Waals surface area contributed by atoms with Crippen molar-refractivity contribution < 1.29 is 14.6 Å². The van der Waals surface area contributed by atoms with E-state index in [1.165, 1.54) is 0 Å². The molecule has 1 fully saturated rings. The number of hydrogen-bond acceptors (Lipinski definition) is 4. The number of nitrogens with zero attached hydrogens (tertiary/aromatic N) is 1. The SMILES string of the molecule is CCNC(=NCCCOCC1CCCO1)NCCc1cccc(O)c1. The Morgan fingerprint density at radius 3 is 3.08 bits per heavy atom. The maximum absolute atomic E-state index is 9.49. The third-order valence-corrected chi connectivity index (χ3v) is 4.01. The number of nitrogens with one attached hydrogen (secondary N) is 2. The first-order valence-corrected chi connectivity index (χ1v) is 9.27. The minimum atomic E-state index is 0.292. The Balaban J connectivity index is 1.60. The van der Waals surface area contributed by atoms with Crippen molar-refractivity contribution in [2.75, 3.05) is 39.5 Å². The highest BCUT2D eigenvalue weighted by atomic mass is 16.5. The smallest absolute Gasteiger partial charge is 0.191 e. The van der Waals surface area contributed by atoms with Crippen LogP contribution in [0.3, 0.4) is 0 Å². The van der Waals surface area contributed by atoms with Crippen molar-refractivity contribution in [3.63, 3.8) is 0 Å². The van der Waals surface area contributed by atoms with Gasteiger partial charge in [0.2, 0.25) is 0 Å². The number of aliphatic imine (C=N–C) groups is 1. The number of aromatic hydroxyl groups is 1. The zero-order valence-electron chi connectivity index (χ0n) is 15.2. The van der Waals surface area contributed by atoms with Crippen LogP contribution in [0.15, 0.2) is 29.3 Å². The van der Waals surface area contributed by atoms with Crippen LogP contribution in [-0.2, 0) is 15.9 Å². The second-order valence-corrected chi connectivity index (χ2v) is 6.17. The van der Waals surface area contributed by atoms with Crippen LogP contribution < -0.4 is 10.6 Å². The number of ether oxygens (including phenoxy) is 2. The van der Waals surface area contributed by atoms with Gasteiger partial charge in [0.25, 0.3) is 0 Å². The highest BCUT2D eigenvalue weighted by Gasteiger charge is 2.14. The minimum absolute atomic E-state index is 0.292. The topological polar surface area (TPSA) is 75.1 Å². The Labute approximate surface area is 150 Å². The molecule has 0 saturated carbocycles. The van der Waals surface area contributed by atoms with Crippen molar-refractivity contribution >= 4 is 5.96 Å². The summed E-state index contributed by atoms with van der Waals surface area (Å²) in [6.07, 6.45) is 4.30. The number of phenolic OH excluding ortho intramolecular Hbond substituents is 1. The van der Waals surface area contributed by atoms with Gasteiger partial charge in [-0.1, -0.05) is 12.1 Å². The van der Waals surface area contributed by atoms with Crippen LogP contribution >= 0.6 is 0 Å². The average molecular weight is 349 g/mol. The fourth-order valence-electron chi connectivity index (χ4n) is 2.73. The average Bonchev–Trinajstić information content (AvgIpc) is 3.11. The molecular formula is C19H31N3O3. The summed E-state index contributed by atoms with van der Waals surface area (Å²) in [5, 5.41) is 16.1. The molecule has 1 aliphatic heterocycles. The summed E-state index contributed by atoms with van der Waals surface area (Å²) in [7, 11) is 0. The van der Waals surface area contributed by atoms with Gasteiger partial charge < -0.3 is 25.2 Å². The second-order valence-electron chi connectivity index (χ2n) is 6.17. The van der Waals surface area contributed by atoms with Gasteiger partial charge in [-0.25, -0.2) is 0 Å². The Morgan fingerprint density at radius 1 is 1.40 bits per heavy atom. The fourth-order valence-corrected chi connectivity index (χ4v) is 2.73. The van der Waals surface area contributed by atoms with Crippen LogP contribution in [0.2, 0.25) is 0 Å². The minimum Gasteiger partial charge on any atom is -0.508 e. The standard InChI is InChI=1S/C19H31N3O3/c1-2-20-19(22-11-9-16-6-3-7-17(23)14-16)21-10-5-12-24-15-18-8-4-13-25-18/h3,6-7,14,18,23H,2,4-5,8-13,15H2,1H3,(H2,20,21,22). The van der Waals surface area contributed by atoms with Crippen LogP contribution in [0.4, 0.5) is 0 Å². The molecular weight excluding hydrogens is 318 g/mol. The first kappa shape index (κ1) is 19.5. The van der Waals surface area contributed by atoms with Crippen molar-refractivity contribution in [2.45, 2.75) is 38.7 Å². The molecule has 25 heavy (non-hydrogen) atoms. The number of guanidine groups is 1. The third-order valence-electron chi connectivity index (χ3n) is 4.01. The van der Waals surface area contributed by atoms with E-state index in [1.54, 1.807) is 12.1 Å². The van der Waals surface area contributed by atoms with Crippen molar-refractivity contribution in [3.8, 4) is 5.75 Å². The van der Waals surface area contributed by atoms with E-state index in [0.717, 1.165) is 63.4 Å². The predicted molar refractivity (Wildman–Crippen MR) is 100 cm³/mol. The van der Waals surface area contributed by atoms with Gasteiger partial charge in [0.1, 0.15) is 5.75 Å². The van der Waals surface area contributed by atoms with Crippen LogP contribution in [0, 0.1) is 0 Å². The van der Waals surface area contributed by atoms with E-state index < -0.39 is 0 Å². The van der Waals surface area contributed by atoms with Crippen LogP contribution in [0.1, 0.15) is 31.7 Å². The molecule has 1 saturated heterocycles. The predicted octanol–water partition coefficient (Wildman–Crippen LogP) is 2.08. The lowest BCUT2D eigenvalue weighted by molar-refractivity contribution is 0.0171. The normalized spacial score (nSPS) is 17.6. The largest absolute Gasteiger partial charge is 0.508 e. The first-order valence-electron chi connectivity index (χ1n) is 9.27. The van der Waals surface area contributed by atoms with Gasteiger partial charge in [-0.2, -0.15) is 0 Å². The number of rotatable bonds is 10. The maximum Gasteiger partial charge on any atom is 0.191 e. The lowest BCUT2D eigenvalue weighted by atomic mass is 10.1. The molecule has 140 valence electrons. The zero-order valence-corrected chi connectivity index (χ0v) is 15.2. The van der Waals surface area contributed by atoms with E-state index in [9.17, 15) is 5.11 Å². The van der Waals surface area contributed by atoms with Gasteiger partial charge in [-0.15, -0.1) is 0 Å². The summed E-state index contributed by atoms with van der Waals surface area (Å²) in [5.74, 6) is 1.13. The zero-order chi connectivity index (χ0) is 17.7. The molecule has 1 aromatic rings. The summed E-state index contributed by atoms with van der Waals surface area (Å²) >= 11 is 0. The third kappa shape index (κ3) is 8.23. The van der Waals surface area contributed by atoms with Crippen LogP contribution in [-0.4, -0.2) is 56.6 Å². The van der Waals surface area contributed by atoms with E-state index in [0.29, 0.717) is 25.1 Å². The molecule has 3 N–H and O–H groups in total. The van der Waals surface area contributed by atoms with Gasteiger partial charge >= 0.3 is 0 Å². The van der Waals surface area contributed by atoms with E-state index in [4.69, 9.17) is 9.47 Å². The monoisotopic (exact) mass is 349 g/mol. The van der Waals surface area contributed by atoms with Crippen molar-refractivity contribution in [1.29, 1.82) is 0 Å². The summed E-state index contributed by atoms with van der Waals surface area (Å²) < 4.78 is 11.2. The molecule has 1 aliphatic rings. The number of phenols is 1. The van der Waals surface area contributed by atoms with Gasteiger partial charge in [0, 0.05) is 32.8 Å². The highest BCUT2D eigenvalue weighted by Crippen LogP contribution is 2.12. The summed E-state index contributed by atoms with van der Waals surface area (Å²) in [4.78, 5) is 4.57. The van der Waals surface area contributed by atoms with Crippen molar-refractivity contribution in [2.24, 2.45) is 4.99 Å². The molecule has 1 unspecified atom stereocenters. The molecule has 6 nitrogen and oxygen atoms in total. The van der Waals surface area contributed by atoms with E-state index >= 15 is 0 Å². The summed E-state index contributed by atoms with van der Waals surface area (Å²) in [6, 6.07) is 7.35. The molecule has 0 aromatic heterocycles. The van der Waals surface area contributed by atoms with Gasteiger partial charge in [-0.05, 0) is 50.3 Å². The maximum atomic E-state index is 9.49. The van der Waals surface area contributed by atoms with Gasteiger partial charge in [0.15, 0.2) is 5.96 Å². The number of hydrogen-bond donors (Lipinski definition) is 3. The van der Waals surface area contributed by atoms with Crippen molar-refractivity contribution in [3.05, 3.63) is 29.8 Å². The molecule has 0 amide bonds. The summed E-state index contributed by atoms with van der Waals surface area (Å²) in [5.41, 5.74) is 1.10. The molecule has 1 aromatic carbocycles. The van der Waals surface area contributed by atoms with Crippen LogP contribution in [0.5, 0.6) is 5.75 Å². The molecule has 0 bridgehead atoms. The fraction of sp³-hybridized carbons (Fsp3) is 0.632. The Bertz CT molecular complexity index is 516. The van der Waals surface area contributed by atoms with E-state index in [-0.39, 0.29) is 0 Å². The Morgan fingerprint density at radius 2 is 2.32 bits per heavy atom. The van der Waals surface area contributed by atoms with E-state index in [1.807, 2.05) is 12.1 Å². The second kappa shape index (κ2) is 11.7. The Kier molecular flexibility index (Phi) is 9.15. The lowest BCUT2D eigenvalue weighted by Crippen LogP contribution is -2.38. The Hall–Kier alpha value is -1.79. The quantitative estimate of drug-likeness (QED) is 0.343. The van der Waals surface area contributed by atoms with Crippen molar-refractivity contribution in [1.82, 2.24) is 10.6 Å². The van der Waals surface area contributed by atoms with Crippen LogP contribution in [0.25, 0.3) is 0 Å². The lowest BCUT2D eigenvalue weighted by Gasteiger charge is -2.12. The highest BCUT2D eigenvalue weighted by molar-refractivity contribution is 5.79. The van der Waals surface area contributed by atoms with E-state index in [2.05, 4.69) is 22.5 Å². The molecule has 0 spiro atoms. The molecule has 6 heteroatoms. The molecule has 2 rings (SSSR count). The van der Waals surface area contributed by atoms with Gasteiger partial charge in [-0.3, -0.25) is 4.99 Å². The molecule has 0 aliphatic carbocycles. The molecule has 1 atom stereocenters.